The minimum absolute atomic E-state index is 0.252. The maximum Gasteiger partial charge on any atom is 0.250 e. The van der Waals surface area contributed by atoms with E-state index in [0.717, 1.165) is 29.3 Å². The average molecular weight is 667 g/mol. The number of phenolic OH excluding ortho intramolecular Hbond substituents is 1. The molecule has 0 aliphatic carbocycles. The number of hydrogen-bond donors (Lipinski definition) is 1. The molecule has 7 heteroatoms. The Morgan fingerprint density at radius 1 is 0.714 bits per heavy atom. The van der Waals surface area contributed by atoms with E-state index in [2.05, 4.69) is 124 Å². The van der Waals surface area contributed by atoms with Crippen LogP contribution in [0.15, 0.2) is 48.5 Å². The Kier molecular flexibility index (Phi) is 15.1. The Balaban J connectivity index is 0.000000545. The smallest absolute Gasteiger partial charge is 0.250 e. The lowest BCUT2D eigenvalue weighted by molar-refractivity contribution is 0.475. The van der Waals surface area contributed by atoms with Crippen molar-refractivity contribution in [1.29, 1.82) is 0 Å². The summed E-state index contributed by atoms with van der Waals surface area (Å²) in [6, 6.07) is 15.8. The molecule has 0 aliphatic rings. The van der Waals surface area contributed by atoms with Gasteiger partial charge in [-0.05, 0) is 71.4 Å². The maximum absolute atomic E-state index is 8.91. The number of alkyl halides is 2. The van der Waals surface area contributed by atoms with E-state index in [-0.39, 0.29) is 5.04 Å². The van der Waals surface area contributed by atoms with Gasteiger partial charge in [0.25, 0.3) is 0 Å². The number of aryl methyl sites for hydroxylation is 2. The lowest BCUT2D eigenvalue weighted by atomic mass is 10.2. The third kappa shape index (κ3) is 14.3. The van der Waals surface area contributed by atoms with Crippen LogP contribution in [0.4, 0.5) is 0 Å². The zero-order valence-corrected chi connectivity index (χ0v) is 29.4. The quantitative estimate of drug-likeness (QED) is 0.189. The predicted octanol–water partition coefficient (Wildman–Crippen LogP) is 10.6. The highest BCUT2D eigenvalue weighted by atomic mass is 79.9. The molecule has 0 aromatic heterocycles. The van der Waals surface area contributed by atoms with Gasteiger partial charge in [-0.15, -0.1) is 0 Å². The van der Waals surface area contributed by atoms with Gasteiger partial charge in [-0.3, -0.25) is 0 Å². The highest BCUT2D eigenvalue weighted by molar-refractivity contribution is 9.09. The van der Waals surface area contributed by atoms with Crippen molar-refractivity contribution in [2.45, 2.75) is 90.6 Å². The van der Waals surface area contributed by atoms with E-state index in [1.54, 1.807) is 12.1 Å². The average Bonchev–Trinajstić information content (AvgIpc) is 2.70. The third-order valence-corrected chi connectivity index (χ3v) is 17.0. The van der Waals surface area contributed by atoms with Gasteiger partial charge in [0.1, 0.15) is 11.5 Å². The van der Waals surface area contributed by atoms with Gasteiger partial charge in [-0.25, -0.2) is 0 Å². The summed E-state index contributed by atoms with van der Waals surface area (Å²) in [4.78, 5) is 0. The Morgan fingerprint density at radius 2 is 1.06 bits per heavy atom. The molecular weight excluding hydrogens is 620 g/mol. The fraction of sp³-hybridized carbons (Fsp3) is 0.571. The second-order valence-corrected chi connectivity index (χ2v) is 25.4. The topological polar surface area (TPSA) is 29.5 Å². The van der Waals surface area contributed by atoms with Gasteiger partial charge in [-0.2, -0.15) is 11.1 Å². The Labute approximate surface area is 239 Å². The summed E-state index contributed by atoms with van der Waals surface area (Å²) in [7, 11) is -3.08. The summed E-state index contributed by atoms with van der Waals surface area (Å²) >= 11 is 12.9. The second-order valence-electron chi connectivity index (χ2n) is 11.8. The minimum Gasteiger partial charge on any atom is -0.544 e. The summed E-state index contributed by atoms with van der Waals surface area (Å²) in [5.74, 6) is 1.34. The van der Waals surface area contributed by atoms with Crippen molar-refractivity contribution in [2.75, 3.05) is 10.7 Å². The maximum atomic E-state index is 8.91. The van der Waals surface area contributed by atoms with Crippen molar-refractivity contribution < 1.29 is 9.53 Å². The molecule has 0 fully saturated rings. The molecule has 0 radical (unpaired) electrons. The largest absolute Gasteiger partial charge is 0.544 e. The lowest BCUT2D eigenvalue weighted by Crippen LogP contribution is -2.43. The number of phenols is 1. The molecule has 0 aliphatic heterocycles. The zero-order chi connectivity index (χ0) is 27.5. The Bertz CT molecular complexity index is 824. The van der Waals surface area contributed by atoms with Crippen molar-refractivity contribution in [3.8, 4) is 11.5 Å². The van der Waals surface area contributed by atoms with Gasteiger partial charge < -0.3 is 9.53 Å². The van der Waals surface area contributed by atoms with E-state index in [4.69, 9.17) is 20.6 Å². The number of benzene rings is 2. The molecule has 2 aromatic rings. The predicted molar refractivity (Wildman–Crippen MR) is 170 cm³/mol. The third-order valence-electron chi connectivity index (χ3n) is 6.59. The van der Waals surface area contributed by atoms with E-state index in [0.29, 0.717) is 10.8 Å². The van der Waals surface area contributed by atoms with Crippen LogP contribution in [-0.2, 0) is 12.8 Å². The van der Waals surface area contributed by atoms with Crippen LogP contribution in [0.25, 0.3) is 0 Å². The van der Waals surface area contributed by atoms with Gasteiger partial charge in [0.15, 0.2) is 7.38 Å². The van der Waals surface area contributed by atoms with Crippen LogP contribution in [0.1, 0.15) is 52.7 Å². The Morgan fingerprint density at radius 3 is 1.34 bits per heavy atom. The van der Waals surface area contributed by atoms with E-state index < -0.39 is 15.7 Å². The molecule has 0 unspecified atom stereocenters. The fourth-order valence-corrected chi connectivity index (χ4v) is 4.00. The monoisotopic (exact) mass is 664 g/mol. The molecule has 0 amide bonds. The molecule has 2 rings (SSSR count). The van der Waals surface area contributed by atoms with Crippen LogP contribution in [0.2, 0.25) is 36.3 Å². The first-order valence-electron chi connectivity index (χ1n) is 12.2. The molecule has 200 valence electrons. The first kappa shape index (κ1) is 34.7. The van der Waals surface area contributed by atoms with Crippen LogP contribution in [-0.4, -0.2) is 31.5 Å². The number of rotatable bonds is 6. The summed E-state index contributed by atoms with van der Waals surface area (Å²) in [5.41, 5.74) is 2.60. The van der Waals surface area contributed by atoms with E-state index in [9.17, 15) is 0 Å². The molecule has 2 aromatic carbocycles. The van der Waals surface area contributed by atoms with Gasteiger partial charge in [0.05, 0.1) is 0 Å². The van der Waals surface area contributed by atoms with E-state index in [1.807, 2.05) is 12.1 Å². The first-order chi connectivity index (χ1) is 15.8. The highest BCUT2D eigenvalue weighted by Crippen LogP contribution is 2.38. The molecular formula is C28H47Br2ClO2Si2. The van der Waals surface area contributed by atoms with Crippen molar-refractivity contribution in [1.82, 2.24) is 0 Å². The second kappa shape index (κ2) is 15.2. The summed E-state index contributed by atoms with van der Waals surface area (Å²) in [6.07, 6.45) is 2.08. The normalized spacial score (nSPS) is 12.1. The van der Waals surface area contributed by atoms with Gasteiger partial charge in [-0.1, -0.05) is 111 Å². The molecule has 0 saturated heterocycles. The summed E-state index contributed by atoms with van der Waals surface area (Å²) in [6.45, 7) is 22.3. The van der Waals surface area contributed by atoms with Crippen LogP contribution >= 0.6 is 42.9 Å². The van der Waals surface area contributed by atoms with Crippen molar-refractivity contribution in [2.24, 2.45) is 0 Å². The van der Waals surface area contributed by atoms with Gasteiger partial charge in [0.2, 0.25) is 8.32 Å². The van der Waals surface area contributed by atoms with Gasteiger partial charge >= 0.3 is 0 Å². The molecule has 0 heterocycles. The van der Waals surface area contributed by atoms with Crippen LogP contribution in [0.5, 0.6) is 11.5 Å². The number of aromatic hydroxyl groups is 1. The zero-order valence-electron chi connectivity index (χ0n) is 23.4. The summed E-state index contributed by atoms with van der Waals surface area (Å²) < 4.78 is 6.23. The number of halogens is 3. The molecule has 0 saturated carbocycles. The fourth-order valence-electron chi connectivity index (χ4n) is 2.05. The van der Waals surface area contributed by atoms with Gasteiger partial charge in [0, 0.05) is 10.7 Å². The molecule has 0 atom stereocenters. The lowest BCUT2D eigenvalue weighted by Gasteiger charge is -2.36. The number of hydrogen-bond acceptors (Lipinski definition) is 2. The van der Waals surface area contributed by atoms with Crippen LogP contribution in [0.3, 0.4) is 0 Å². The minimum atomic E-state index is -1.69. The SMILES string of the molecule is CC(C)(C)[Si](C)(C)Cl.CC(C)(C)[Si](C)(C)Oc1ccc(CCBr)cc1.Oc1ccc(CCBr)cc1. The molecule has 1 N–H and O–H groups in total. The van der Waals surface area contributed by atoms with E-state index in [1.165, 1.54) is 11.1 Å². The highest BCUT2D eigenvalue weighted by Gasteiger charge is 2.38. The van der Waals surface area contributed by atoms with Crippen molar-refractivity contribution in [3.05, 3.63) is 59.7 Å². The Hall–Kier alpha value is -0.276. The van der Waals surface area contributed by atoms with E-state index >= 15 is 0 Å². The van der Waals surface area contributed by atoms with Crippen LogP contribution in [0, 0.1) is 0 Å². The molecule has 35 heavy (non-hydrogen) atoms. The first-order valence-corrected chi connectivity index (χ1v) is 21.4. The standard InChI is InChI=1S/C14H23BrOSi.C8H9BrO.C6H15ClSi/c1-14(2,3)17(4,5)16-13-8-6-12(7-9-13)10-11-15;9-6-5-7-1-3-8(10)4-2-7;1-6(2,3)8(4,5)7/h6-9H,10-11H2,1-5H3;1-4,10H,5-6H2;1-5H3. The van der Waals surface area contributed by atoms with Crippen molar-refractivity contribution in [3.63, 3.8) is 0 Å². The van der Waals surface area contributed by atoms with Crippen molar-refractivity contribution >= 4 is 58.6 Å². The molecule has 0 spiro atoms. The van der Waals surface area contributed by atoms with Crippen LogP contribution < -0.4 is 4.43 Å². The molecule has 2 nitrogen and oxygen atoms in total. The summed E-state index contributed by atoms with van der Waals surface area (Å²) in [5, 5.41) is 11.5. The molecule has 0 bridgehead atoms.